The van der Waals surface area contributed by atoms with Crippen molar-refractivity contribution in [2.75, 3.05) is 20.3 Å². The Morgan fingerprint density at radius 2 is 1.88 bits per heavy atom. The highest BCUT2D eigenvalue weighted by Crippen LogP contribution is 2.12. The average molecular weight is 338 g/mol. The molecular weight excluding hydrogens is 316 g/mol. The Hall–Kier alpha value is -3.00. The third-order valence-electron chi connectivity index (χ3n) is 3.49. The largest absolute Gasteiger partial charge is 0.497 e. The summed E-state index contributed by atoms with van der Waals surface area (Å²) in [6.07, 6.45) is 2.78. The zero-order valence-corrected chi connectivity index (χ0v) is 14.5. The van der Waals surface area contributed by atoms with E-state index in [1.807, 2.05) is 43.3 Å². The van der Waals surface area contributed by atoms with Crippen molar-refractivity contribution in [3.8, 4) is 23.3 Å². The van der Waals surface area contributed by atoms with E-state index in [-0.39, 0.29) is 12.5 Å². The van der Waals surface area contributed by atoms with Crippen LogP contribution in [0.15, 0.2) is 42.6 Å². The van der Waals surface area contributed by atoms with Crippen LogP contribution in [-0.4, -0.2) is 31.2 Å². The predicted molar refractivity (Wildman–Crippen MR) is 96.6 cm³/mol. The minimum atomic E-state index is -0.0197. The van der Waals surface area contributed by atoms with E-state index < -0.39 is 0 Å². The molecule has 1 aromatic carbocycles. The molecule has 0 aliphatic rings. The number of aromatic nitrogens is 1. The molecule has 5 heteroatoms. The lowest BCUT2D eigenvalue weighted by Crippen LogP contribution is -2.23. The molecule has 0 radical (unpaired) electrons. The van der Waals surface area contributed by atoms with Crippen LogP contribution in [0, 0.1) is 18.8 Å². The number of rotatable bonds is 7. The second-order valence-electron chi connectivity index (χ2n) is 5.40. The highest BCUT2D eigenvalue weighted by Gasteiger charge is 2.01. The van der Waals surface area contributed by atoms with Crippen LogP contribution in [0.2, 0.25) is 0 Å². The zero-order valence-electron chi connectivity index (χ0n) is 14.5. The maximum atomic E-state index is 11.8. The van der Waals surface area contributed by atoms with Gasteiger partial charge in [0.2, 0.25) is 5.91 Å². The van der Waals surface area contributed by atoms with Gasteiger partial charge in [0.15, 0.2) is 0 Å². The maximum absolute atomic E-state index is 11.8. The van der Waals surface area contributed by atoms with Crippen LogP contribution in [0.3, 0.4) is 0 Å². The van der Waals surface area contributed by atoms with Gasteiger partial charge < -0.3 is 14.8 Å². The van der Waals surface area contributed by atoms with Gasteiger partial charge in [-0.25, -0.2) is 0 Å². The van der Waals surface area contributed by atoms with E-state index in [1.54, 1.807) is 13.3 Å². The molecule has 5 nitrogen and oxygen atoms in total. The Morgan fingerprint density at radius 3 is 2.56 bits per heavy atom. The summed E-state index contributed by atoms with van der Waals surface area (Å²) in [6.45, 7) is 2.50. The van der Waals surface area contributed by atoms with Gasteiger partial charge in [-0.2, -0.15) is 0 Å². The summed E-state index contributed by atoms with van der Waals surface area (Å²) in [7, 11) is 1.63. The Balaban J connectivity index is 1.61. The van der Waals surface area contributed by atoms with Crippen LogP contribution in [0.25, 0.3) is 0 Å². The minimum Gasteiger partial charge on any atom is -0.497 e. The molecule has 25 heavy (non-hydrogen) atoms. The normalized spacial score (nSPS) is 9.68. The molecule has 0 saturated heterocycles. The molecule has 2 aromatic rings. The molecule has 0 fully saturated rings. The molecular formula is C20H22N2O3. The molecule has 0 aliphatic carbocycles. The molecule has 0 spiro atoms. The number of carbonyl (C=O) groups excluding carboxylic acids is 1. The summed E-state index contributed by atoms with van der Waals surface area (Å²) in [5.74, 6) is 7.21. The Labute approximate surface area is 148 Å². The van der Waals surface area contributed by atoms with Crippen LogP contribution >= 0.6 is 0 Å². The molecule has 1 N–H and O–H groups in total. The third-order valence-corrected chi connectivity index (χ3v) is 3.49. The van der Waals surface area contributed by atoms with Crippen LogP contribution in [0.5, 0.6) is 11.5 Å². The number of nitrogens with one attached hydrogen (secondary N) is 1. The van der Waals surface area contributed by atoms with Gasteiger partial charge in [0.05, 0.1) is 19.9 Å². The second-order valence-corrected chi connectivity index (χ2v) is 5.40. The number of benzene rings is 1. The molecule has 0 bridgehead atoms. The summed E-state index contributed by atoms with van der Waals surface area (Å²) in [4.78, 5) is 15.9. The average Bonchev–Trinajstić information content (AvgIpc) is 2.64. The number of hydrogen-bond acceptors (Lipinski definition) is 4. The minimum absolute atomic E-state index is 0.0197. The van der Waals surface area contributed by atoms with E-state index in [2.05, 4.69) is 22.1 Å². The molecule has 1 aromatic heterocycles. The van der Waals surface area contributed by atoms with E-state index in [4.69, 9.17) is 9.47 Å². The van der Waals surface area contributed by atoms with Crippen molar-refractivity contribution in [2.45, 2.75) is 19.8 Å². The molecule has 1 heterocycles. The fourth-order valence-corrected chi connectivity index (χ4v) is 2.05. The number of hydrogen-bond donors (Lipinski definition) is 1. The maximum Gasteiger partial charge on any atom is 0.221 e. The number of amides is 1. The van der Waals surface area contributed by atoms with Crippen LogP contribution in [-0.2, 0) is 11.2 Å². The molecule has 130 valence electrons. The van der Waals surface area contributed by atoms with E-state index in [0.29, 0.717) is 25.1 Å². The first-order valence-corrected chi connectivity index (χ1v) is 8.08. The Morgan fingerprint density at radius 1 is 1.12 bits per heavy atom. The van der Waals surface area contributed by atoms with E-state index in [9.17, 15) is 4.79 Å². The summed E-state index contributed by atoms with van der Waals surface area (Å²) in [5, 5.41) is 2.78. The Bertz CT molecular complexity index is 728. The summed E-state index contributed by atoms with van der Waals surface area (Å²) in [6, 6.07) is 11.4. The van der Waals surface area contributed by atoms with Crippen molar-refractivity contribution in [2.24, 2.45) is 0 Å². The molecule has 1 amide bonds. The van der Waals surface area contributed by atoms with Crippen LogP contribution < -0.4 is 14.8 Å². The number of methoxy groups -OCH3 is 1. The molecule has 2 rings (SSSR count). The van der Waals surface area contributed by atoms with E-state index >= 15 is 0 Å². The summed E-state index contributed by atoms with van der Waals surface area (Å²) in [5.41, 5.74) is 2.04. The summed E-state index contributed by atoms with van der Waals surface area (Å²) < 4.78 is 10.5. The first kappa shape index (κ1) is 18.3. The van der Waals surface area contributed by atoms with Gasteiger partial charge in [-0.15, -0.1) is 0 Å². The van der Waals surface area contributed by atoms with Crippen molar-refractivity contribution in [3.63, 3.8) is 0 Å². The number of nitrogens with zero attached hydrogens (tertiary/aromatic N) is 1. The van der Waals surface area contributed by atoms with Crippen molar-refractivity contribution < 1.29 is 14.3 Å². The van der Waals surface area contributed by atoms with Gasteiger partial charge in [-0.1, -0.05) is 24.0 Å². The first-order chi connectivity index (χ1) is 12.2. The lowest BCUT2D eigenvalue weighted by atomic mass is 10.1. The lowest BCUT2D eigenvalue weighted by molar-refractivity contribution is -0.120. The first-order valence-electron chi connectivity index (χ1n) is 8.08. The number of aryl methyl sites for hydroxylation is 2. The molecule has 0 unspecified atom stereocenters. The number of ether oxygens (including phenoxy) is 2. The smallest absolute Gasteiger partial charge is 0.221 e. The van der Waals surface area contributed by atoms with Gasteiger partial charge in [-0.05, 0) is 43.2 Å². The van der Waals surface area contributed by atoms with Crippen molar-refractivity contribution in [1.29, 1.82) is 0 Å². The molecule has 0 atom stereocenters. The van der Waals surface area contributed by atoms with Gasteiger partial charge in [-0.3, -0.25) is 9.78 Å². The van der Waals surface area contributed by atoms with Gasteiger partial charge >= 0.3 is 0 Å². The highest BCUT2D eigenvalue weighted by atomic mass is 16.5. The van der Waals surface area contributed by atoms with Crippen LogP contribution in [0.1, 0.15) is 17.7 Å². The van der Waals surface area contributed by atoms with Gasteiger partial charge in [0.1, 0.15) is 18.1 Å². The summed E-state index contributed by atoms with van der Waals surface area (Å²) >= 11 is 0. The predicted octanol–water partition coefficient (Wildman–Crippen LogP) is 2.53. The third kappa shape index (κ3) is 6.96. The highest BCUT2D eigenvalue weighted by molar-refractivity contribution is 5.76. The fourth-order valence-electron chi connectivity index (χ4n) is 2.05. The van der Waals surface area contributed by atoms with Crippen molar-refractivity contribution in [1.82, 2.24) is 10.3 Å². The molecule has 0 aliphatic heterocycles. The lowest BCUT2D eigenvalue weighted by Gasteiger charge is -2.04. The topological polar surface area (TPSA) is 60.5 Å². The van der Waals surface area contributed by atoms with Gasteiger partial charge in [0, 0.05) is 12.1 Å². The van der Waals surface area contributed by atoms with E-state index in [1.165, 1.54) is 0 Å². The monoisotopic (exact) mass is 338 g/mol. The van der Waals surface area contributed by atoms with Crippen molar-refractivity contribution in [3.05, 3.63) is 53.9 Å². The SMILES string of the molecule is COc1ccc(CCC(=O)NCC#CCOc2ccc(C)nc2)cc1. The standard InChI is InChI=1S/C20H22N2O3/c1-16-5-9-19(15-22-16)25-14-4-3-13-21-20(23)12-8-17-6-10-18(24-2)11-7-17/h5-7,9-11,15H,8,12-14H2,1-2H3,(H,21,23). The van der Waals surface area contributed by atoms with E-state index in [0.717, 1.165) is 17.0 Å². The Kier molecular flexibility index (Phi) is 7.33. The number of pyridine rings is 1. The zero-order chi connectivity index (χ0) is 17.9. The quantitative estimate of drug-likeness (QED) is 0.788. The van der Waals surface area contributed by atoms with Gasteiger partial charge in [0.25, 0.3) is 0 Å². The second kappa shape index (κ2) is 9.99. The van der Waals surface area contributed by atoms with Crippen LogP contribution in [0.4, 0.5) is 0 Å². The van der Waals surface area contributed by atoms with Crippen molar-refractivity contribution >= 4 is 5.91 Å². The number of carbonyl (C=O) groups is 1. The fraction of sp³-hybridized carbons (Fsp3) is 0.300. The molecule has 0 saturated carbocycles.